The largest absolute Gasteiger partial charge is 0.383 e. The smallest absolute Gasteiger partial charge is 0.154 e. The number of nitrogens with zero attached hydrogens (tertiary/aromatic N) is 3. The molecule has 0 aromatic heterocycles. The maximum atomic E-state index is 9.01. The molecular formula is C14H7N5. The molecule has 0 aliphatic carbocycles. The molecule has 2 aromatic rings. The predicted octanol–water partition coefficient (Wildman–Crippen LogP) is 1.63. The highest BCUT2D eigenvalue weighted by Gasteiger charge is 2.19. The SMILES string of the molecule is N#Cc1cc2cc3c(cc2cc1C#N)C(N)=NC3=N. The van der Waals surface area contributed by atoms with Crippen molar-refractivity contribution in [3.05, 3.63) is 46.5 Å². The Hall–Kier alpha value is -3.18. The number of amidine groups is 2. The first-order valence-electron chi connectivity index (χ1n) is 5.49. The third kappa shape index (κ3) is 1.46. The van der Waals surface area contributed by atoms with Gasteiger partial charge in [0, 0.05) is 11.1 Å². The molecule has 0 atom stereocenters. The van der Waals surface area contributed by atoms with Gasteiger partial charge in [0.05, 0.1) is 11.1 Å². The van der Waals surface area contributed by atoms with Gasteiger partial charge in [0.25, 0.3) is 0 Å². The normalized spacial score (nSPS) is 12.7. The summed E-state index contributed by atoms with van der Waals surface area (Å²) in [4.78, 5) is 3.91. The molecule has 0 unspecified atom stereocenters. The summed E-state index contributed by atoms with van der Waals surface area (Å²) in [5.41, 5.74) is 7.76. The minimum absolute atomic E-state index is 0.122. The lowest BCUT2D eigenvalue weighted by Crippen LogP contribution is -2.10. The van der Waals surface area contributed by atoms with Gasteiger partial charge in [-0.25, -0.2) is 4.99 Å². The first kappa shape index (κ1) is 10.9. The summed E-state index contributed by atoms with van der Waals surface area (Å²) >= 11 is 0. The first-order valence-corrected chi connectivity index (χ1v) is 5.49. The molecule has 5 nitrogen and oxygen atoms in total. The fourth-order valence-corrected chi connectivity index (χ4v) is 2.18. The molecule has 0 radical (unpaired) electrons. The minimum Gasteiger partial charge on any atom is -0.383 e. The van der Waals surface area contributed by atoms with E-state index in [2.05, 4.69) is 4.99 Å². The standard InChI is InChI=1S/C14H7N5/c15-5-9-1-7-3-11-12(14(18)19-13(11)17)4-8(7)2-10(9)6-16/h1-4H,(H3,17,18,19). The average Bonchev–Trinajstić information content (AvgIpc) is 2.69. The Morgan fingerprint density at radius 3 is 2.00 bits per heavy atom. The van der Waals surface area contributed by atoms with Crippen LogP contribution in [-0.4, -0.2) is 11.7 Å². The Balaban J connectivity index is 2.38. The Morgan fingerprint density at radius 1 is 0.947 bits per heavy atom. The summed E-state index contributed by atoms with van der Waals surface area (Å²) in [5.74, 6) is 0.432. The van der Waals surface area contributed by atoms with Gasteiger partial charge >= 0.3 is 0 Å². The van der Waals surface area contributed by atoms with E-state index < -0.39 is 0 Å². The number of benzene rings is 2. The van der Waals surface area contributed by atoms with Crippen LogP contribution in [0.3, 0.4) is 0 Å². The van der Waals surface area contributed by atoms with Crippen LogP contribution < -0.4 is 5.73 Å². The summed E-state index contributed by atoms with van der Waals surface area (Å²) in [7, 11) is 0. The third-order valence-corrected chi connectivity index (χ3v) is 3.12. The molecule has 5 heteroatoms. The molecule has 0 fully saturated rings. The molecule has 0 saturated heterocycles. The summed E-state index contributed by atoms with van der Waals surface area (Å²) < 4.78 is 0. The van der Waals surface area contributed by atoms with Crippen molar-refractivity contribution in [2.75, 3.05) is 0 Å². The van der Waals surface area contributed by atoms with Gasteiger partial charge in [-0.3, -0.25) is 5.41 Å². The number of aliphatic imine (C=N–C) groups is 1. The van der Waals surface area contributed by atoms with E-state index in [9.17, 15) is 0 Å². The molecule has 1 aliphatic heterocycles. The molecule has 1 heterocycles. The molecule has 1 aliphatic rings. The van der Waals surface area contributed by atoms with E-state index >= 15 is 0 Å². The lowest BCUT2D eigenvalue weighted by atomic mass is 9.97. The number of nitriles is 2. The van der Waals surface area contributed by atoms with Crippen molar-refractivity contribution in [1.29, 1.82) is 15.9 Å². The highest BCUT2D eigenvalue weighted by Crippen LogP contribution is 2.26. The van der Waals surface area contributed by atoms with Crippen molar-refractivity contribution in [2.24, 2.45) is 10.7 Å². The van der Waals surface area contributed by atoms with Gasteiger partial charge in [0.1, 0.15) is 18.0 Å². The summed E-state index contributed by atoms with van der Waals surface area (Å²) in [6.07, 6.45) is 0. The van der Waals surface area contributed by atoms with Gasteiger partial charge in [-0.1, -0.05) is 0 Å². The van der Waals surface area contributed by atoms with Crippen LogP contribution in [0, 0.1) is 28.1 Å². The monoisotopic (exact) mass is 245 g/mol. The van der Waals surface area contributed by atoms with Crippen molar-refractivity contribution in [3.63, 3.8) is 0 Å². The second-order valence-electron chi connectivity index (χ2n) is 4.21. The van der Waals surface area contributed by atoms with Crippen LogP contribution in [0.25, 0.3) is 10.8 Å². The lowest BCUT2D eigenvalue weighted by molar-refractivity contribution is 1.44. The molecule has 0 amide bonds. The van der Waals surface area contributed by atoms with Crippen molar-refractivity contribution >= 4 is 22.4 Å². The van der Waals surface area contributed by atoms with E-state index in [0.717, 1.165) is 10.8 Å². The first-order chi connectivity index (χ1) is 9.13. The van der Waals surface area contributed by atoms with Crippen LogP contribution in [0.2, 0.25) is 0 Å². The van der Waals surface area contributed by atoms with Crippen molar-refractivity contribution in [2.45, 2.75) is 0 Å². The van der Waals surface area contributed by atoms with Gasteiger partial charge in [-0.2, -0.15) is 10.5 Å². The molecular weight excluding hydrogens is 238 g/mol. The zero-order valence-electron chi connectivity index (χ0n) is 9.73. The van der Waals surface area contributed by atoms with E-state index in [0.29, 0.717) is 28.1 Å². The zero-order valence-corrected chi connectivity index (χ0v) is 9.73. The topological polar surface area (TPSA) is 110 Å². The molecule has 3 N–H and O–H groups in total. The summed E-state index contributed by atoms with van der Waals surface area (Å²) in [6.45, 7) is 0. The molecule has 19 heavy (non-hydrogen) atoms. The summed E-state index contributed by atoms with van der Waals surface area (Å²) in [6, 6.07) is 10.9. The van der Waals surface area contributed by atoms with E-state index in [1.807, 2.05) is 12.1 Å². The molecule has 0 spiro atoms. The van der Waals surface area contributed by atoms with Crippen molar-refractivity contribution < 1.29 is 0 Å². The fraction of sp³-hybridized carbons (Fsp3) is 0. The number of rotatable bonds is 0. The number of hydrogen-bond acceptors (Lipinski definition) is 4. The fourth-order valence-electron chi connectivity index (χ4n) is 2.18. The Kier molecular flexibility index (Phi) is 2.11. The van der Waals surface area contributed by atoms with E-state index in [1.54, 1.807) is 24.3 Å². The van der Waals surface area contributed by atoms with Crippen LogP contribution in [0.15, 0.2) is 29.3 Å². The zero-order chi connectivity index (χ0) is 13.6. The maximum Gasteiger partial charge on any atom is 0.154 e. The van der Waals surface area contributed by atoms with Crippen LogP contribution in [-0.2, 0) is 0 Å². The highest BCUT2D eigenvalue weighted by atomic mass is 14.9. The van der Waals surface area contributed by atoms with Crippen LogP contribution in [0.1, 0.15) is 22.3 Å². The lowest BCUT2D eigenvalue weighted by Gasteiger charge is -2.05. The van der Waals surface area contributed by atoms with E-state index in [1.165, 1.54) is 0 Å². The maximum absolute atomic E-state index is 9.01. The van der Waals surface area contributed by atoms with Crippen molar-refractivity contribution in [1.82, 2.24) is 0 Å². The molecule has 2 aromatic carbocycles. The number of fused-ring (bicyclic) bond motifs is 2. The second-order valence-corrected chi connectivity index (χ2v) is 4.21. The number of nitrogens with one attached hydrogen (secondary N) is 1. The highest BCUT2D eigenvalue weighted by molar-refractivity contribution is 6.22. The molecule has 0 saturated carbocycles. The van der Waals surface area contributed by atoms with E-state index in [-0.39, 0.29) is 5.84 Å². The van der Waals surface area contributed by atoms with Gasteiger partial charge in [0.15, 0.2) is 5.84 Å². The minimum atomic E-state index is 0.122. The summed E-state index contributed by atoms with van der Waals surface area (Å²) in [5, 5.41) is 27.4. The number of nitrogens with two attached hydrogens (primary N) is 1. The average molecular weight is 245 g/mol. The Morgan fingerprint density at radius 2 is 1.47 bits per heavy atom. The predicted molar refractivity (Wildman–Crippen MR) is 70.9 cm³/mol. The third-order valence-electron chi connectivity index (χ3n) is 3.12. The van der Waals surface area contributed by atoms with E-state index in [4.69, 9.17) is 21.7 Å². The number of hydrogen-bond donors (Lipinski definition) is 2. The molecule has 0 bridgehead atoms. The van der Waals surface area contributed by atoms with Gasteiger partial charge in [0.2, 0.25) is 0 Å². The van der Waals surface area contributed by atoms with Crippen LogP contribution in [0.4, 0.5) is 0 Å². The van der Waals surface area contributed by atoms with Gasteiger partial charge in [-0.05, 0) is 35.0 Å². The molecule has 3 rings (SSSR count). The Bertz CT molecular complexity index is 862. The molecule has 88 valence electrons. The van der Waals surface area contributed by atoms with Gasteiger partial charge in [-0.15, -0.1) is 0 Å². The Labute approximate surface area is 108 Å². The second kappa shape index (κ2) is 3.66. The van der Waals surface area contributed by atoms with Gasteiger partial charge < -0.3 is 5.73 Å². The quantitative estimate of drug-likeness (QED) is 0.735. The van der Waals surface area contributed by atoms with Crippen LogP contribution >= 0.6 is 0 Å². The van der Waals surface area contributed by atoms with Crippen LogP contribution in [0.5, 0.6) is 0 Å². The van der Waals surface area contributed by atoms with Crippen molar-refractivity contribution in [3.8, 4) is 12.1 Å².